The van der Waals surface area contributed by atoms with E-state index in [0.717, 1.165) is 10.5 Å². The topological polar surface area (TPSA) is 82.1 Å². The molecule has 0 bridgehead atoms. The largest absolute Gasteiger partial charge is 0.493 e. The Kier molecular flexibility index (Phi) is 6.85. The molecule has 1 aromatic carbocycles. The number of aromatic nitrogens is 1. The Morgan fingerprint density at radius 3 is 2.39 bits per heavy atom. The zero-order chi connectivity index (χ0) is 21.0. The first-order valence-electron chi connectivity index (χ1n) is 9.10. The Morgan fingerprint density at radius 1 is 1.14 bits per heavy atom. The van der Waals surface area contributed by atoms with E-state index in [2.05, 4.69) is 4.98 Å². The van der Waals surface area contributed by atoms with E-state index in [1.54, 1.807) is 28.1 Å². The summed E-state index contributed by atoms with van der Waals surface area (Å²) in [5, 5.41) is 0. The molecule has 1 unspecified atom stereocenters. The summed E-state index contributed by atoms with van der Waals surface area (Å²) >= 11 is 0. The van der Waals surface area contributed by atoms with E-state index in [9.17, 15) is 9.59 Å². The van der Waals surface area contributed by atoms with Crippen LogP contribution in [-0.2, 0) is 11.3 Å². The number of rotatable bonds is 8. The van der Waals surface area contributed by atoms with Crippen molar-refractivity contribution in [2.24, 2.45) is 0 Å². The first kappa shape index (κ1) is 21.5. The van der Waals surface area contributed by atoms with Crippen molar-refractivity contribution in [3.63, 3.8) is 0 Å². The molecule has 0 aliphatic heterocycles. The number of carbonyl (C=O) groups excluding carboxylic acids is 2. The molecule has 2 atom stereocenters. The van der Waals surface area contributed by atoms with Gasteiger partial charge in [0.2, 0.25) is 5.78 Å². The fourth-order valence-electron chi connectivity index (χ4n) is 3.39. The van der Waals surface area contributed by atoms with Crippen molar-refractivity contribution >= 4 is 11.8 Å². The number of hydrogen-bond acceptors (Lipinski definition) is 5. The number of aryl methyl sites for hydroxylation is 1. The molecule has 0 spiro atoms. The third kappa shape index (κ3) is 4.04. The fraction of sp³-hybridized carbons (Fsp3) is 0.429. The molecule has 0 aliphatic rings. The maximum atomic E-state index is 13.1. The predicted octanol–water partition coefficient (Wildman–Crippen LogP) is 1.72. The van der Waals surface area contributed by atoms with Gasteiger partial charge in [0.25, 0.3) is 0 Å². The smallest absolute Gasteiger partial charge is 0.339 e. The van der Waals surface area contributed by atoms with Gasteiger partial charge in [0.05, 0.1) is 45.2 Å². The van der Waals surface area contributed by atoms with Crippen molar-refractivity contribution < 1.29 is 28.7 Å². The highest BCUT2D eigenvalue weighted by Crippen LogP contribution is 2.30. The lowest BCUT2D eigenvalue weighted by molar-refractivity contribution is -0.907. The molecule has 0 aliphatic carbocycles. The highest BCUT2D eigenvalue weighted by molar-refractivity contribution is 6.03. The van der Waals surface area contributed by atoms with Crippen LogP contribution in [0.15, 0.2) is 18.2 Å². The number of nitrogens with one attached hydrogen (secondary N) is 2. The summed E-state index contributed by atoms with van der Waals surface area (Å²) in [6.45, 7) is 5.97. The highest BCUT2D eigenvalue weighted by atomic mass is 16.5. The van der Waals surface area contributed by atoms with Crippen LogP contribution in [0.2, 0.25) is 0 Å². The molecule has 0 radical (unpaired) electrons. The van der Waals surface area contributed by atoms with Crippen molar-refractivity contribution in [2.75, 3.05) is 28.4 Å². The number of methoxy groups -OCH3 is 3. The predicted molar refractivity (Wildman–Crippen MR) is 106 cm³/mol. The fourth-order valence-corrected chi connectivity index (χ4v) is 3.39. The lowest BCUT2D eigenvalue weighted by Crippen LogP contribution is -3.12. The Hall–Kier alpha value is -2.80. The van der Waals surface area contributed by atoms with E-state index in [1.807, 2.05) is 32.2 Å². The van der Waals surface area contributed by atoms with Crippen LogP contribution in [-0.4, -0.2) is 51.2 Å². The number of esters is 1. The number of carbonyl (C=O) groups is 2. The normalized spacial score (nSPS) is 13.0. The Labute approximate surface area is 165 Å². The van der Waals surface area contributed by atoms with Gasteiger partial charge in [-0.15, -0.1) is 0 Å². The van der Waals surface area contributed by atoms with Crippen molar-refractivity contribution in [1.29, 1.82) is 0 Å². The van der Waals surface area contributed by atoms with Crippen LogP contribution in [0.25, 0.3) is 0 Å². The second kappa shape index (κ2) is 8.93. The summed E-state index contributed by atoms with van der Waals surface area (Å²) in [5.74, 6) is 0.823. The van der Waals surface area contributed by atoms with Gasteiger partial charge in [-0.1, -0.05) is 6.07 Å². The van der Waals surface area contributed by atoms with E-state index in [-0.39, 0.29) is 11.8 Å². The van der Waals surface area contributed by atoms with Gasteiger partial charge in [0, 0.05) is 5.69 Å². The highest BCUT2D eigenvalue weighted by Gasteiger charge is 2.30. The Morgan fingerprint density at radius 2 is 1.82 bits per heavy atom. The molecule has 2 aromatic rings. The third-order valence-corrected chi connectivity index (χ3v) is 5.16. The van der Waals surface area contributed by atoms with Gasteiger partial charge in [-0.2, -0.15) is 0 Å². The number of quaternary nitrogens is 1. The minimum absolute atomic E-state index is 0.0601. The average molecular weight is 389 g/mol. The zero-order valence-electron chi connectivity index (χ0n) is 17.6. The molecular formula is C21H29N2O5+. The monoisotopic (exact) mass is 389 g/mol. The lowest BCUT2D eigenvalue weighted by Gasteiger charge is -2.22. The number of para-hydroxylation sites is 1. The van der Waals surface area contributed by atoms with Gasteiger partial charge in [0.15, 0.2) is 17.5 Å². The van der Waals surface area contributed by atoms with Crippen molar-refractivity contribution in [1.82, 2.24) is 4.98 Å². The molecule has 2 rings (SSSR count). The van der Waals surface area contributed by atoms with Crippen LogP contribution in [0, 0.1) is 13.8 Å². The van der Waals surface area contributed by atoms with Gasteiger partial charge in [0.1, 0.15) is 6.54 Å². The van der Waals surface area contributed by atoms with Gasteiger partial charge in [-0.25, -0.2) is 4.79 Å². The van der Waals surface area contributed by atoms with Gasteiger partial charge in [-0.3, -0.25) is 4.79 Å². The molecule has 1 heterocycles. The summed E-state index contributed by atoms with van der Waals surface area (Å²) in [4.78, 5) is 29.1. The molecule has 7 heteroatoms. The first-order valence-corrected chi connectivity index (χ1v) is 9.10. The minimum atomic E-state index is -0.445. The molecule has 0 saturated heterocycles. The molecule has 1 aromatic heterocycles. The van der Waals surface area contributed by atoms with E-state index in [0.29, 0.717) is 40.6 Å². The number of likely N-dealkylation sites (N-methyl/N-ethyl adjacent to an activating group) is 1. The summed E-state index contributed by atoms with van der Waals surface area (Å²) in [5.41, 5.74) is 3.07. The quantitative estimate of drug-likeness (QED) is 0.531. The number of Topliss-reactive ketones (excluding diaryl/α,β-unsaturated/α-hetero) is 1. The molecular weight excluding hydrogens is 360 g/mol. The van der Waals surface area contributed by atoms with Crippen LogP contribution in [0.1, 0.15) is 44.6 Å². The molecule has 152 valence electrons. The van der Waals surface area contributed by atoms with Crippen LogP contribution in [0.4, 0.5) is 0 Å². The molecule has 2 N–H and O–H groups in total. The molecule has 7 nitrogen and oxygen atoms in total. The van der Waals surface area contributed by atoms with E-state index >= 15 is 0 Å². The zero-order valence-corrected chi connectivity index (χ0v) is 17.6. The second-order valence-corrected chi connectivity index (χ2v) is 6.88. The lowest BCUT2D eigenvalue weighted by atomic mass is 10.0. The van der Waals surface area contributed by atoms with E-state index in [4.69, 9.17) is 14.2 Å². The third-order valence-electron chi connectivity index (χ3n) is 5.16. The van der Waals surface area contributed by atoms with Gasteiger partial charge in [-0.05, 0) is 38.5 Å². The van der Waals surface area contributed by atoms with Crippen LogP contribution in [0.3, 0.4) is 0 Å². The maximum Gasteiger partial charge on any atom is 0.339 e. The number of ether oxygens (including phenoxy) is 3. The van der Waals surface area contributed by atoms with Crippen molar-refractivity contribution in [3.05, 3.63) is 46.3 Å². The van der Waals surface area contributed by atoms with Crippen LogP contribution in [0.5, 0.6) is 11.5 Å². The second-order valence-electron chi connectivity index (χ2n) is 6.88. The summed E-state index contributed by atoms with van der Waals surface area (Å²) < 4.78 is 15.7. The van der Waals surface area contributed by atoms with E-state index in [1.165, 1.54) is 7.11 Å². The van der Waals surface area contributed by atoms with Crippen LogP contribution < -0.4 is 14.4 Å². The number of H-pyrrole nitrogens is 1. The summed E-state index contributed by atoms with van der Waals surface area (Å²) in [7, 11) is 6.48. The van der Waals surface area contributed by atoms with Crippen molar-refractivity contribution in [3.8, 4) is 11.5 Å². The number of ketones is 1. The molecule has 0 fully saturated rings. The SMILES string of the molecule is COC(=O)c1c(C)[nH]c(C(=O)[C@H](C)[NH+](C)Cc2cccc(OC)c2OC)c1C. The Bertz CT molecular complexity index is 872. The van der Waals surface area contributed by atoms with Gasteiger partial charge >= 0.3 is 5.97 Å². The molecule has 28 heavy (non-hydrogen) atoms. The van der Waals surface area contributed by atoms with Crippen LogP contribution >= 0.6 is 0 Å². The molecule has 0 saturated carbocycles. The Balaban J connectivity index is 2.26. The average Bonchev–Trinajstić information content (AvgIpc) is 2.99. The maximum absolute atomic E-state index is 13.1. The van der Waals surface area contributed by atoms with E-state index < -0.39 is 5.97 Å². The molecule has 0 amide bonds. The number of hydrogen-bond donors (Lipinski definition) is 2. The van der Waals surface area contributed by atoms with Crippen molar-refractivity contribution in [2.45, 2.75) is 33.4 Å². The minimum Gasteiger partial charge on any atom is -0.493 e. The summed E-state index contributed by atoms with van der Waals surface area (Å²) in [6.07, 6.45) is 0. The van der Waals surface area contributed by atoms with Gasteiger partial charge < -0.3 is 24.1 Å². The standard InChI is InChI=1S/C21H28N2O5/c1-12-17(21(25)28-7)13(2)22-18(12)19(24)14(3)23(4)11-15-9-8-10-16(26-5)20(15)27-6/h8-10,14,22H,11H2,1-7H3/p+1/t14-/m0/s1. The number of aromatic amines is 1. The number of benzene rings is 1. The first-order chi connectivity index (χ1) is 13.3. The summed E-state index contributed by atoms with van der Waals surface area (Å²) in [6, 6.07) is 5.36.